The average molecular weight is 398 g/mol. The van der Waals surface area contributed by atoms with Crippen LogP contribution in [0.5, 0.6) is 5.75 Å². The fourth-order valence-electron chi connectivity index (χ4n) is 3.94. The summed E-state index contributed by atoms with van der Waals surface area (Å²) in [4.78, 5) is 15.8. The predicted octanol–water partition coefficient (Wildman–Crippen LogP) is 4.19. The maximum atomic E-state index is 12.4. The van der Waals surface area contributed by atoms with E-state index < -0.39 is 0 Å². The number of thiophene rings is 1. The lowest BCUT2D eigenvalue weighted by Crippen LogP contribution is -2.24. The van der Waals surface area contributed by atoms with E-state index in [2.05, 4.69) is 28.4 Å². The van der Waals surface area contributed by atoms with Crippen LogP contribution in [0.25, 0.3) is 0 Å². The number of carbonyl (C=O) groups excluding carboxylic acids is 1. The second-order valence-corrected chi connectivity index (χ2v) is 8.58. The van der Waals surface area contributed by atoms with Crippen molar-refractivity contribution in [3.05, 3.63) is 44.8 Å². The zero-order chi connectivity index (χ0) is 20.3. The summed E-state index contributed by atoms with van der Waals surface area (Å²) in [6.07, 6.45) is 3.49. The van der Waals surface area contributed by atoms with Crippen molar-refractivity contribution in [2.24, 2.45) is 0 Å². The van der Waals surface area contributed by atoms with Gasteiger partial charge in [-0.05, 0) is 62.4 Å². The Bertz CT molecular complexity index is 904. The first-order valence-corrected chi connectivity index (χ1v) is 10.4. The van der Waals surface area contributed by atoms with E-state index in [0.717, 1.165) is 53.2 Å². The van der Waals surface area contributed by atoms with Crippen LogP contribution in [0.2, 0.25) is 0 Å². The minimum Gasteiger partial charge on any atom is -0.496 e. The van der Waals surface area contributed by atoms with Gasteiger partial charge in [-0.1, -0.05) is 12.1 Å². The van der Waals surface area contributed by atoms with Crippen molar-refractivity contribution in [2.45, 2.75) is 46.1 Å². The molecule has 0 aliphatic heterocycles. The Morgan fingerprint density at radius 2 is 2.04 bits per heavy atom. The smallest absolute Gasteiger partial charge is 0.226 e. The standard InChI is InChI=1S/C22H27N3O2S/c1-14-10-16(11-15(2)21(14)27-4)13-25(3)9-8-20(26)24-22-18(12-23)17-6-5-7-19(17)28-22/h10-11H,5-9,13H2,1-4H3,(H,24,26). The number of hydrogen-bond donors (Lipinski definition) is 1. The number of hydrogen-bond acceptors (Lipinski definition) is 5. The van der Waals surface area contributed by atoms with Gasteiger partial charge in [0.25, 0.3) is 0 Å². The largest absolute Gasteiger partial charge is 0.496 e. The van der Waals surface area contributed by atoms with Gasteiger partial charge in [0.1, 0.15) is 16.8 Å². The van der Waals surface area contributed by atoms with Gasteiger partial charge in [-0.2, -0.15) is 5.26 Å². The van der Waals surface area contributed by atoms with Crippen molar-refractivity contribution in [1.82, 2.24) is 4.90 Å². The molecule has 1 aromatic heterocycles. The van der Waals surface area contributed by atoms with E-state index in [4.69, 9.17) is 4.74 Å². The third kappa shape index (κ3) is 4.37. The molecule has 1 aromatic carbocycles. The number of nitrogens with zero attached hydrogens (tertiary/aromatic N) is 2. The zero-order valence-corrected chi connectivity index (χ0v) is 17.8. The fraction of sp³-hybridized carbons (Fsp3) is 0.455. The van der Waals surface area contributed by atoms with Gasteiger partial charge < -0.3 is 15.0 Å². The summed E-state index contributed by atoms with van der Waals surface area (Å²) in [5.74, 6) is 0.896. The Labute approximate surface area is 170 Å². The Morgan fingerprint density at radius 3 is 2.68 bits per heavy atom. The second-order valence-electron chi connectivity index (χ2n) is 7.47. The molecule has 0 saturated carbocycles. The molecule has 2 aromatic rings. The fourth-order valence-corrected chi connectivity index (χ4v) is 5.19. The van der Waals surface area contributed by atoms with Gasteiger partial charge in [-0.15, -0.1) is 11.3 Å². The number of aryl methyl sites for hydroxylation is 3. The third-order valence-corrected chi connectivity index (χ3v) is 6.39. The molecule has 0 atom stereocenters. The Balaban J connectivity index is 1.55. The molecule has 1 amide bonds. The number of anilines is 1. The first-order chi connectivity index (χ1) is 13.4. The number of fused-ring (bicyclic) bond motifs is 1. The van der Waals surface area contributed by atoms with Crippen LogP contribution in [0.3, 0.4) is 0 Å². The molecule has 6 heteroatoms. The van der Waals surface area contributed by atoms with Crippen LogP contribution in [0, 0.1) is 25.2 Å². The van der Waals surface area contributed by atoms with E-state index in [0.29, 0.717) is 18.5 Å². The van der Waals surface area contributed by atoms with Gasteiger partial charge in [0.15, 0.2) is 0 Å². The van der Waals surface area contributed by atoms with Gasteiger partial charge in [0.2, 0.25) is 5.91 Å². The second kappa shape index (κ2) is 8.76. The molecule has 28 heavy (non-hydrogen) atoms. The first-order valence-electron chi connectivity index (χ1n) is 9.60. The maximum Gasteiger partial charge on any atom is 0.226 e. The lowest BCUT2D eigenvalue weighted by molar-refractivity contribution is -0.116. The molecule has 0 fully saturated rings. The highest BCUT2D eigenvalue weighted by Gasteiger charge is 2.23. The number of methoxy groups -OCH3 is 1. The summed E-state index contributed by atoms with van der Waals surface area (Å²) >= 11 is 1.57. The number of nitriles is 1. The summed E-state index contributed by atoms with van der Waals surface area (Å²) in [5.41, 5.74) is 5.27. The molecular weight excluding hydrogens is 370 g/mol. The summed E-state index contributed by atoms with van der Waals surface area (Å²) in [5, 5.41) is 13.1. The van der Waals surface area contributed by atoms with Crippen molar-refractivity contribution >= 4 is 22.2 Å². The number of rotatable bonds is 7. The molecule has 148 valence electrons. The third-order valence-electron chi connectivity index (χ3n) is 5.18. The Hall–Kier alpha value is -2.36. The van der Waals surface area contributed by atoms with Crippen LogP contribution in [0.15, 0.2) is 12.1 Å². The molecule has 0 bridgehead atoms. The number of amides is 1. The van der Waals surface area contributed by atoms with Gasteiger partial charge in [-0.25, -0.2) is 0 Å². The van der Waals surface area contributed by atoms with Crippen LogP contribution in [0.1, 0.15) is 45.5 Å². The van der Waals surface area contributed by atoms with Crippen molar-refractivity contribution in [3.63, 3.8) is 0 Å². The molecule has 0 spiro atoms. The van der Waals surface area contributed by atoms with Gasteiger partial charge >= 0.3 is 0 Å². The molecule has 1 aliphatic carbocycles. The van der Waals surface area contributed by atoms with Crippen molar-refractivity contribution < 1.29 is 9.53 Å². The van der Waals surface area contributed by atoms with Crippen molar-refractivity contribution in [2.75, 3.05) is 26.0 Å². The molecule has 0 saturated heterocycles. The van der Waals surface area contributed by atoms with Gasteiger partial charge in [0.05, 0.1) is 12.7 Å². The molecule has 3 rings (SSSR count). The van der Waals surface area contributed by atoms with Crippen LogP contribution in [0.4, 0.5) is 5.00 Å². The zero-order valence-electron chi connectivity index (χ0n) is 17.0. The molecule has 5 nitrogen and oxygen atoms in total. The maximum absolute atomic E-state index is 12.4. The van der Waals surface area contributed by atoms with E-state index in [1.165, 1.54) is 10.4 Å². The number of carbonyl (C=O) groups is 1. The normalized spacial score (nSPS) is 12.7. The molecule has 1 N–H and O–H groups in total. The summed E-state index contributed by atoms with van der Waals surface area (Å²) in [7, 11) is 3.71. The van der Waals surface area contributed by atoms with Crippen molar-refractivity contribution in [3.8, 4) is 11.8 Å². The minimum absolute atomic E-state index is 0.0367. The topological polar surface area (TPSA) is 65.4 Å². The highest BCUT2D eigenvalue weighted by atomic mass is 32.1. The van der Waals surface area contributed by atoms with Crippen LogP contribution >= 0.6 is 11.3 Å². The van der Waals surface area contributed by atoms with E-state index >= 15 is 0 Å². The lowest BCUT2D eigenvalue weighted by Gasteiger charge is -2.18. The number of benzene rings is 1. The average Bonchev–Trinajstić information content (AvgIpc) is 3.20. The van der Waals surface area contributed by atoms with Crippen LogP contribution in [-0.4, -0.2) is 31.5 Å². The first kappa shape index (κ1) is 20.4. The van der Waals surface area contributed by atoms with Gasteiger partial charge in [-0.3, -0.25) is 4.79 Å². The van der Waals surface area contributed by atoms with E-state index in [9.17, 15) is 10.1 Å². The summed E-state index contributed by atoms with van der Waals surface area (Å²) in [6, 6.07) is 6.54. The summed E-state index contributed by atoms with van der Waals surface area (Å²) < 4.78 is 5.42. The quantitative estimate of drug-likeness (QED) is 0.761. The monoisotopic (exact) mass is 397 g/mol. The number of nitrogens with one attached hydrogen (secondary N) is 1. The molecule has 1 aliphatic rings. The minimum atomic E-state index is -0.0367. The molecule has 1 heterocycles. The highest BCUT2D eigenvalue weighted by Crippen LogP contribution is 2.38. The van der Waals surface area contributed by atoms with E-state index in [1.54, 1.807) is 18.4 Å². The van der Waals surface area contributed by atoms with Gasteiger partial charge in [0, 0.05) is 24.4 Å². The Kier molecular flexibility index (Phi) is 6.38. The van der Waals surface area contributed by atoms with E-state index in [-0.39, 0.29) is 5.91 Å². The van der Waals surface area contributed by atoms with Crippen LogP contribution in [-0.2, 0) is 24.2 Å². The Morgan fingerprint density at radius 1 is 1.32 bits per heavy atom. The lowest BCUT2D eigenvalue weighted by atomic mass is 10.1. The summed E-state index contributed by atoms with van der Waals surface area (Å²) in [6.45, 7) is 5.53. The molecule has 0 unspecified atom stereocenters. The number of ether oxygens (including phenoxy) is 1. The SMILES string of the molecule is COc1c(C)cc(CN(C)CCC(=O)Nc2sc3c(c2C#N)CCC3)cc1C. The molecule has 0 radical (unpaired) electrons. The molecular formula is C22H27N3O2S. The van der Waals surface area contributed by atoms with Crippen LogP contribution < -0.4 is 10.1 Å². The predicted molar refractivity (Wildman–Crippen MR) is 113 cm³/mol. The highest BCUT2D eigenvalue weighted by molar-refractivity contribution is 7.16. The van der Waals surface area contributed by atoms with Crippen molar-refractivity contribution in [1.29, 1.82) is 5.26 Å². The van der Waals surface area contributed by atoms with E-state index in [1.807, 2.05) is 20.9 Å².